The maximum Gasteiger partial charge on any atom is 0.372 e. The summed E-state index contributed by atoms with van der Waals surface area (Å²) in [7, 11) is 0. The highest BCUT2D eigenvalue weighted by Gasteiger charge is 2.29. The Balaban J connectivity index is 2.06. The molecule has 1 aromatic rings. The number of hydrogen-bond donors (Lipinski definition) is 1. The van der Waals surface area contributed by atoms with Crippen LogP contribution < -0.4 is 0 Å². The van der Waals surface area contributed by atoms with Crippen molar-refractivity contribution in [2.45, 2.75) is 45.7 Å². The van der Waals surface area contributed by atoms with Crippen molar-refractivity contribution in [3.63, 3.8) is 0 Å². The Bertz CT molecular complexity index is 407. The number of aryl methyl sites for hydroxylation is 1. The SMILES string of the molecule is CCCN(Cc1cc(C)c(C(=O)O)o1)C1CC1. The van der Waals surface area contributed by atoms with Gasteiger partial charge in [-0.3, -0.25) is 4.90 Å². The highest BCUT2D eigenvalue weighted by Crippen LogP contribution is 2.29. The molecule has 4 heteroatoms. The fourth-order valence-corrected chi connectivity index (χ4v) is 2.16. The number of carboxylic acids is 1. The molecular formula is C13H19NO3. The van der Waals surface area contributed by atoms with E-state index in [9.17, 15) is 4.79 Å². The molecule has 0 amide bonds. The lowest BCUT2D eigenvalue weighted by atomic mass is 10.2. The van der Waals surface area contributed by atoms with Gasteiger partial charge in [0.25, 0.3) is 0 Å². The van der Waals surface area contributed by atoms with E-state index in [2.05, 4.69) is 11.8 Å². The van der Waals surface area contributed by atoms with Gasteiger partial charge in [-0.2, -0.15) is 0 Å². The fourth-order valence-electron chi connectivity index (χ4n) is 2.16. The van der Waals surface area contributed by atoms with Crippen LogP contribution in [0.2, 0.25) is 0 Å². The van der Waals surface area contributed by atoms with Crippen LogP contribution in [0.25, 0.3) is 0 Å². The molecule has 1 heterocycles. The van der Waals surface area contributed by atoms with Crippen molar-refractivity contribution in [3.05, 3.63) is 23.2 Å². The predicted molar refractivity (Wildman–Crippen MR) is 64.1 cm³/mol. The van der Waals surface area contributed by atoms with Crippen molar-refractivity contribution < 1.29 is 14.3 Å². The van der Waals surface area contributed by atoms with Crippen molar-refractivity contribution in [1.82, 2.24) is 4.90 Å². The molecule has 17 heavy (non-hydrogen) atoms. The molecule has 0 aromatic carbocycles. The molecule has 1 saturated carbocycles. The van der Waals surface area contributed by atoms with Crippen molar-refractivity contribution in [1.29, 1.82) is 0 Å². The Labute approximate surface area is 101 Å². The third kappa shape index (κ3) is 2.88. The highest BCUT2D eigenvalue weighted by molar-refractivity contribution is 5.86. The van der Waals surface area contributed by atoms with Crippen molar-refractivity contribution in [2.75, 3.05) is 6.54 Å². The smallest absolute Gasteiger partial charge is 0.372 e. The topological polar surface area (TPSA) is 53.7 Å². The monoisotopic (exact) mass is 237 g/mol. The third-order valence-electron chi connectivity index (χ3n) is 3.10. The Morgan fingerprint density at radius 1 is 1.59 bits per heavy atom. The average molecular weight is 237 g/mol. The van der Waals surface area contributed by atoms with Gasteiger partial charge in [0.15, 0.2) is 0 Å². The zero-order chi connectivity index (χ0) is 12.4. The molecule has 0 radical (unpaired) electrons. The van der Waals surface area contributed by atoms with Gasteiger partial charge in [0.1, 0.15) is 5.76 Å². The normalized spacial score (nSPS) is 15.5. The van der Waals surface area contributed by atoms with Crippen LogP contribution in [0.15, 0.2) is 10.5 Å². The van der Waals surface area contributed by atoms with Gasteiger partial charge in [-0.15, -0.1) is 0 Å². The molecule has 0 aliphatic heterocycles. The van der Waals surface area contributed by atoms with Gasteiger partial charge < -0.3 is 9.52 Å². The summed E-state index contributed by atoms with van der Waals surface area (Å²) in [6.45, 7) is 5.71. The maximum atomic E-state index is 10.9. The number of rotatable bonds is 6. The first-order valence-corrected chi connectivity index (χ1v) is 6.18. The molecule has 94 valence electrons. The van der Waals surface area contributed by atoms with Crippen LogP contribution in [0.5, 0.6) is 0 Å². The van der Waals surface area contributed by atoms with E-state index >= 15 is 0 Å². The number of furan rings is 1. The molecule has 4 nitrogen and oxygen atoms in total. The largest absolute Gasteiger partial charge is 0.475 e. The number of hydrogen-bond acceptors (Lipinski definition) is 3. The molecule has 0 saturated heterocycles. The molecule has 0 unspecified atom stereocenters. The molecule has 1 fully saturated rings. The number of nitrogens with zero attached hydrogens (tertiary/aromatic N) is 1. The first kappa shape index (κ1) is 12.2. The summed E-state index contributed by atoms with van der Waals surface area (Å²) in [6.07, 6.45) is 3.62. The van der Waals surface area contributed by atoms with E-state index in [0.29, 0.717) is 11.6 Å². The van der Waals surface area contributed by atoms with Crippen LogP contribution in [0, 0.1) is 6.92 Å². The maximum absolute atomic E-state index is 10.9. The van der Waals surface area contributed by atoms with E-state index in [1.54, 1.807) is 6.92 Å². The minimum atomic E-state index is -0.984. The third-order valence-corrected chi connectivity index (χ3v) is 3.10. The van der Waals surface area contributed by atoms with Crippen LogP contribution in [0.1, 0.15) is 48.1 Å². The van der Waals surface area contributed by atoms with Gasteiger partial charge in [-0.05, 0) is 38.8 Å². The first-order chi connectivity index (χ1) is 8.11. The molecular weight excluding hydrogens is 218 g/mol. The van der Waals surface area contributed by atoms with E-state index in [4.69, 9.17) is 9.52 Å². The Hall–Kier alpha value is -1.29. The van der Waals surface area contributed by atoms with E-state index in [-0.39, 0.29) is 5.76 Å². The van der Waals surface area contributed by atoms with Crippen LogP contribution in [0.4, 0.5) is 0 Å². The minimum absolute atomic E-state index is 0.0762. The van der Waals surface area contributed by atoms with Gasteiger partial charge in [0, 0.05) is 11.6 Å². The molecule has 0 spiro atoms. The summed E-state index contributed by atoms with van der Waals surface area (Å²) in [5.74, 6) is -0.144. The molecule has 1 aliphatic rings. The Kier molecular flexibility index (Phi) is 3.52. The van der Waals surface area contributed by atoms with Gasteiger partial charge >= 0.3 is 5.97 Å². The fraction of sp³-hybridized carbons (Fsp3) is 0.615. The second kappa shape index (κ2) is 4.92. The summed E-state index contributed by atoms with van der Waals surface area (Å²) in [5, 5.41) is 8.93. The van der Waals surface area contributed by atoms with E-state index in [1.807, 2.05) is 6.07 Å². The van der Waals surface area contributed by atoms with E-state index < -0.39 is 5.97 Å². The summed E-state index contributed by atoms with van der Waals surface area (Å²) in [4.78, 5) is 13.3. The van der Waals surface area contributed by atoms with Crippen molar-refractivity contribution in [2.24, 2.45) is 0 Å². The number of aromatic carboxylic acids is 1. The molecule has 1 N–H and O–H groups in total. The zero-order valence-corrected chi connectivity index (χ0v) is 10.4. The molecule has 2 rings (SSSR count). The van der Waals surface area contributed by atoms with E-state index in [1.165, 1.54) is 12.8 Å². The van der Waals surface area contributed by atoms with Crippen molar-refractivity contribution >= 4 is 5.97 Å². The first-order valence-electron chi connectivity index (χ1n) is 6.18. The summed E-state index contributed by atoms with van der Waals surface area (Å²) in [6, 6.07) is 2.52. The standard InChI is InChI=1S/C13H19NO3/c1-3-6-14(10-4-5-10)8-11-7-9(2)12(17-11)13(15)16/h7,10H,3-6,8H2,1-2H3,(H,15,16). The second-order valence-electron chi connectivity index (χ2n) is 4.73. The Morgan fingerprint density at radius 3 is 2.76 bits per heavy atom. The van der Waals surface area contributed by atoms with Crippen LogP contribution in [0.3, 0.4) is 0 Å². The summed E-state index contributed by atoms with van der Waals surface area (Å²) in [5.41, 5.74) is 0.708. The molecule has 0 atom stereocenters. The second-order valence-corrected chi connectivity index (χ2v) is 4.73. The van der Waals surface area contributed by atoms with Gasteiger partial charge in [0.05, 0.1) is 6.54 Å². The van der Waals surface area contributed by atoms with Crippen LogP contribution in [-0.2, 0) is 6.54 Å². The summed E-state index contributed by atoms with van der Waals surface area (Å²) >= 11 is 0. The molecule has 1 aromatic heterocycles. The number of carboxylic acid groups (broad SMARTS) is 1. The van der Waals surface area contributed by atoms with Gasteiger partial charge in [-0.1, -0.05) is 6.92 Å². The highest BCUT2D eigenvalue weighted by atomic mass is 16.4. The lowest BCUT2D eigenvalue weighted by Gasteiger charge is -2.19. The zero-order valence-electron chi connectivity index (χ0n) is 10.4. The lowest BCUT2D eigenvalue weighted by Crippen LogP contribution is -2.26. The van der Waals surface area contributed by atoms with Crippen molar-refractivity contribution in [3.8, 4) is 0 Å². The average Bonchev–Trinajstić information content (AvgIpc) is 3.03. The predicted octanol–water partition coefficient (Wildman–Crippen LogP) is 2.66. The van der Waals surface area contributed by atoms with Gasteiger partial charge in [-0.25, -0.2) is 4.79 Å². The number of carbonyl (C=O) groups is 1. The lowest BCUT2D eigenvalue weighted by molar-refractivity contribution is 0.0657. The molecule has 0 bridgehead atoms. The quantitative estimate of drug-likeness (QED) is 0.826. The minimum Gasteiger partial charge on any atom is -0.475 e. The van der Waals surface area contributed by atoms with Crippen LogP contribution >= 0.6 is 0 Å². The van der Waals surface area contributed by atoms with Gasteiger partial charge in [0.2, 0.25) is 5.76 Å². The van der Waals surface area contributed by atoms with E-state index in [0.717, 1.165) is 25.3 Å². The Morgan fingerprint density at radius 2 is 2.29 bits per heavy atom. The van der Waals surface area contributed by atoms with Crippen LogP contribution in [-0.4, -0.2) is 28.6 Å². The summed E-state index contributed by atoms with van der Waals surface area (Å²) < 4.78 is 5.39. The molecule has 1 aliphatic carbocycles.